The van der Waals surface area contributed by atoms with Crippen LogP contribution in [0.1, 0.15) is 37.0 Å². The van der Waals surface area contributed by atoms with Gasteiger partial charge in [0.05, 0.1) is 0 Å². The fourth-order valence-electron chi connectivity index (χ4n) is 1.66. The van der Waals surface area contributed by atoms with Crippen molar-refractivity contribution in [2.45, 2.75) is 31.8 Å². The maximum Gasteiger partial charge on any atom is 0.312 e. The minimum Gasteiger partial charge on any atom is -0.481 e. The van der Waals surface area contributed by atoms with Gasteiger partial charge in [-0.15, -0.1) is 0 Å². The Bertz CT molecular complexity index is 341. The molecular formula is C10H13NO4. The van der Waals surface area contributed by atoms with Gasteiger partial charge in [0.15, 0.2) is 0 Å². The van der Waals surface area contributed by atoms with Crippen LogP contribution in [-0.4, -0.2) is 22.7 Å². The molecule has 0 spiro atoms. The molecular weight excluding hydrogens is 198 g/mol. The van der Waals surface area contributed by atoms with Crippen molar-refractivity contribution in [2.24, 2.45) is 0 Å². The quantitative estimate of drug-likeness (QED) is 0.821. The van der Waals surface area contributed by atoms with Crippen LogP contribution in [0.15, 0.2) is 10.7 Å². The summed E-state index contributed by atoms with van der Waals surface area (Å²) in [4.78, 5) is 14.5. The van der Waals surface area contributed by atoms with Gasteiger partial charge in [-0.05, 0) is 19.3 Å². The molecule has 82 valence electrons. The number of carboxylic acids is 1. The number of oxazole rings is 1. The summed E-state index contributed by atoms with van der Waals surface area (Å²) in [5.41, 5.74) is 0.714. The summed E-state index contributed by atoms with van der Waals surface area (Å²) in [6.07, 6.45) is 4.42. The minimum absolute atomic E-state index is 0.0231. The van der Waals surface area contributed by atoms with Crippen molar-refractivity contribution in [1.29, 1.82) is 0 Å². The summed E-state index contributed by atoms with van der Waals surface area (Å²) in [6.45, 7) is 0.742. The highest BCUT2D eigenvalue weighted by Crippen LogP contribution is 2.27. The molecule has 2 rings (SSSR count). The zero-order valence-corrected chi connectivity index (χ0v) is 8.31. The topological polar surface area (TPSA) is 72.6 Å². The first kappa shape index (κ1) is 10.2. The van der Waals surface area contributed by atoms with E-state index in [1.165, 1.54) is 6.26 Å². The molecule has 5 nitrogen and oxygen atoms in total. The van der Waals surface area contributed by atoms with Crippen molar-refractivity contribution < 1.29 is 19.1 Å². The average Bonchev–Trinajstić information content (AvgIpc) is 2.67. The van der Waals surface area contributed by atoms with Crippen LogP contribution in [0.5, 0.6) is 0 Å². The monoisotopic (exact) mass is 211 g/mol. The van der Waals surface area contributed by atoms with Crippen molar-refractivity contribution >= 4 is 5.97 Å². The van der Waals surface area contributed by atoms with Crippen LogP contribution in [0.3, 0.4) is 0 Å². The Kier molecular flexibility index (Phi) is 3.01. The Labute approximate surface area is 87.1 Å². The van der Waals surface area contributed by atoms with E-state index in [1.54, 1.807) is 0 Å². The van der Waals surface area contributed by atoms with Crippen molar-refractivity contribution in [3.05, 3.63) is 17.8 Å². The number of carboxylic acid groups (broad SMARTS) is 1. The van der Waals surface area contributed by atoms with E-state index in [1.807, 2.05) is 0 Å². The third-order valence-electron chi connectivity index (χ3n) is 2.38. The highest BCUT2D eigenvalue weighted by molar-refractivity contribution is 5.68. The molecule has 1 aromatic rings. The molecule has 0 saturated carbocycles. The van der Waals surface area contributed by atoms with E-state index in [9.17, 15) is 4.79 Å². The van der Waals surface area contributed by atoms with E-state index in [4.69, 9.17) is 14.3 Å². The van der Waals surface area contributed by atoms with Crippen LogP contribution in [0.4, 0.5) is 0 Å². The van der Waals surface area contributed by atoms with Gasteiger partial charge in [0.2, 0.25) is 5.89 Å². The van der Waals surface area contributed by atoms with Gasteiger partial charge in [-0.3, -0.25) is 4.79 Å². The fourth-order valence-corrected chi connectivity index (χ4v) is 1.66. The van der Waals surface area contributed by atoms with Gasteiger partial charge in [-0.2, -0.15) is 0 Å². The predicted octanol–water partition coefficient (Wildman–Crippen LogP) is 1.54. The molecule has 2 heterocycles. The molecule has 0 radical (unpaired) electrons. The van der Waals surface area contributed by atoms with Crippen molar-refractivity contribution in [3.63, 3.8) is 0 Å². The number of ether oxygens (including phenoxy) is 1. The zero-order chi connectivity index (χ0) is 10.7. The van der Waals surface area contributed by atoms with Crippen LogP contribution >= 0.6 is 0 Å². The molecule has 0 amide bonds. The number of carbonyl (C=O) groups is 1. The Balaban J connectivity index is 2.02. The summed E-state index contributed by atoms with van der Waals surface area (Å²) in [7, 11) is 0. The van der Waals surface area contributed by atoms with Gasteiger partial charge in [-0.25, -0.2) is 4.98 Å². The normalized spacial score (nSPS) is 21.5. The third-order valence-corrected chi connectivity index (χ3v) is 2.38. The Morgan fingerprint density at radius 1 is 1.60 bits per heavy atom. The van der Waals surface area contributed by atoms with E-state index in [-0.39, 0.29) is 18.4 Å². The van der Waals surface area contributed by atoms with Crippen LogP contribution in [-0.2, 0) is 16.0 Å². The second-order valence-electron chi connectivity index (χ2n) is 3.59. The highest BCUT2D eigenvalue weighted by Gasteiger charge is 2.20. The lowest BCUT2D eigenvalue weighted by Gasteiger charge is -2.19. The van der Waals surface area contributed by atoms with Gasteiger partial charge >= 0.3 is 5.97 Å². The Morgan fingerprint density at radius 3 is 3.13 bits per heavy atom. The number of hydrogen-bond acceptors (Lipinski definition) is 4. The summed E-state index contributed by atoms with van der Waals surface area (Å²) in [6, 6.07) is 0. The predicted molar refractivity (Wildman–Crippen MR) is 50.4 cm³/mol. The third kappa shape index (κ3) is 2.56. The maximum atomic E-state index is 10.4. The summed E-state index contributed by atoms with van der Waals surface area (Å²) >= 11 is 0. The second-order valence-corrected chi connectivity index (χ2v) is 3.59. The Hall–Kier alpha value is -1.36. The summed E-state index contributed by atoms with van der Waals surface area (Å²) in [5, 5.41) is 8.56. The largest absolute Gasteiger partial charge is 0.481 e. The molecule has 1 aromatic heterocycles. The molecule has 0 aromatic carbocycles. The van der Waals surface area contributed by atoms with Crippen molar-refractivity contribution in [1.82, 2.24) is 4.98 Å². The van der Waals surface area contributed by atoms with Gasteiger partial charge in [0.1, 0.15) is 24.5 Å². The molecule has 5 heteroatoms. The van der Waals surface area contributed by atoms with Crippen LogP contribution in [0.25, 0.3) is 0 Å². The molecule has 0 bridgehead atoms. The lowest BCUT2D eigenvalue weighted by molar-refractivity contribution is -0.136. The SMILES string of the molecule is O=C(O)Cc1nc(C2CCCCO2)co1. The minimum atomic E-state index is -0.937. The lowest BCUT2D eigenvalue weighted by atomic mass is 10.1. The smallest absolute Gasteiger partial charge is 0.312 e. The van der Waals surface area contributed by atoms with E-state index in [0.29, 0.717) is 5.69 Å². The number of nitrogens with zero attached hydrogens (tertiary/aromatic N) is 1. The maximum absolute atomic E-state index is 10.4. The molecule has 1 unspecified atom stereocenters. The van der Waals surface area contributed by atoms with Crippen LogP contribution < -0.4 is 0 Å². The van der Waals surface area contributed by atoms with E-state index >= 15 is 0 Å². The first-order chi connectivity index (χ1) is 7.25. The first-order valence-electron chi connectivity index (χ1n) is 5.03. The van der Waals surface area contributed by atoms with Gasteiger partial charge < -0.3 is 14.3 Å². The Morgan fingerprint density at radius 2 is 2.47 bits per heavy atom. The van der Waals surface area contributed by atoms with Crippen LogP contribution in [0, 0.1) is 0 Å². The zero-order valence-electron chi connectivity index (χ0n) is 8.31. The number of aliphatic carboxylic acids is 1. The molecule has 1 N–H and O–H groups in total. The summed E-state index contributed by atoms with van der Waals surface area (Å²) in [5.74, 6) is -0.695. The van der Waals surface area contributed by atoms with E-state index < -0.39 is 5.97 Å². The molecule has 1 saturated heterocycles. The highest BCUT2D eigenvalue weighted by atomic mass is 16.5. The van der Waals surface area contributed by atoms with Gasteiger partial charge in [0.25, 0.3) is 0 Å². The molecule has 1 atom stereocenters. The van der Waals surface area contributed by atoms with Gasteiger partial charge in [0, 0.05) is 6.61 Å². The van der Waals surface area contributed by atoms with Crippen molar-refractivity contribution in [3.8, 4) is 0 Å². The van der Waals surface area contributed by atoms with E-state index in [2.05, 4.69) is 4.98 Å². The molecule has 1 aliphatic rings. The number of rotatable bonds is 3. The molecule has 1 fully saturated rings. The average molecular weight is 211 g/mol. The van der Waals surface area contributed by atoms with E-state index in [0.717, 1.165) is 25.9 Å². The second kappa shape index (κ2) is 4.44. The lowest BCUT2D eigenvalue weighted by Crippen LogP contribution is -2.12. The molecule has 1 aliphatic heterocycles. The number of hydrogen-bond donors (Lipinski definition) is 1. The standard InChI is InChI=1S/C10H13NO4/c12-10(13)5-9-11-7(6-15-9)8-3-1-2-4-14-8/h6,8H,1-5H2,(H,12,13). The molecule has 15 heavy (non-hydrogen) atoms. The van der Waals surface area contributed by atoms with Crippen LogP contribution in [0.2, 0.25) is 0 Å². The van der Waals surface area contributed by atoms with Gasteiger partial charge in [-0.1, -0.05) is 0 Å². The van der Waals surface area contributed by atoms with Crippen molar-refractivity contribution in [2.75, 3.05) is 6.61 Å². The fraction of sp³-hybridized carbons (Fsp3) is 0.600. The number of aromatic nitrogens is 1. The summed E-state index contributed by atoms with van der Waals surface area (Å²) < 4.78 is 10.6. The first-order valence-corrected chi connectivity index (χ1v) is 5.03. The molecule has 0 aliphatic carbocycles.